The first-order valence-corrected chi connectivity index (χ1v) is 8.94. The van der Waals surface area contributed by atoms with Gasteiger partial charge in [0, 0.05) is 29.5 Å². The molecule has 2 bridgehead atoms. The topological polar surface area (TPSA) is 139 Å². The number of oxime groups is 1. The Bertz CT molecular complexity index is 974. The number of carboxylic acid groups (broad SMARTS) is 1. The van der Waals surface area contributed by atoms with Crippen LogP contribution in [0.25, 0.3) is 0 Å². The predicted octanol–water partition coefficient (Wildman–Crippen LogP) is 0.649. The van der Waals surface area contributed by atoms with Crippen LogP contribution in [0.2, 0.25) is 0 Å². The van der Waals surface area contributed by atoms with Gasteiger partial charge in [0.2, 0.25) is 11.8 Å². The fourth-order valence-corrected chi connectivity index (χ4v) is 5.50. The number of benzene rings is 1. The van der Waals surface area contributed by atoms with Gasteiger partial charge in [-0.1, -0.05) is 17.3 Å². The van der Waals surface area contributed by atoms with E-state index in [-0.39, 0.29) is 29.5 Å². The fourth-order valence-electron chi connectivity index (χ4n) is 5.50. The molecule has 2 saturated carbocycles. The van der Waals surface area contributed by atoms with Crippen LogP contribution in [0.1, 0.15) is 12.0 Å². The Morgan fingerprint density at radius 3 is 2.64 bits per heavy atom. The van der Waals surface area contributed by atoms with Crippen LogP contribution in [0.5, 0.6) is 0 Å². The third-order valence-corrected chi connectivity index (χ3v) is 6.43. The number of carboxylic acids is 1. The summed E-state index contributed by atoms with van der Waals surface area (Å²) in [6.07, 6.45) is 0.249. The summed E-state index contributed by atoms with van der Waals surface area (Å²) in [5.41, 5.74) is 1.05. The number of nitro groups is 1. The Morgan fingerprint density at radius 1 is 1.25 bits per heavy atom. The van der Waals surface area contributed by atoms with E-state index < -0.39 is 41.1 Å². The van der Waals surface area contributed by atoms with Crippen molar-refractivity contribution < 1.29 is 29.3 Å². The fraction of sp³-hybridized carbons (Fsp3) is 0.444. The van der Waals surface area contributed by atoms with Crippen LogP contribution in [-0.2, 0) is 19.2 Å². The molecular formula is C18H15N3O7. The van der Waals surface area contributed by atoms with E-state index in [4.69, 9.17) is 9.94 Å². The number of nitro benzene ring substituents is 1. The maximum absolute atomic E-state index is 12.8. The summed E-state index contributed by atoms with van der Waals surface area (Å²) in [4.78, 5) is 53.5. The molecule has 0 spiro atoms. The van der Waals surface area contributed by atoms with E-state index in [1.165, 1.54) is 12.1 Å². The van der Waals surface area contributed by atoms with Gasteiger partial charge < -0.3 is 9.94 Å². The second-order valence-electron chi connectivity index (χ2n) is 7.65. The number of imide groups is 1. The summed E-state index contributed by atoms with van der Waals surface area (Å²) < 4.78 is 0. The lowest BCUT2D eigenvalue weighted by Crippen LogP contribution is -2.41. The number of non-ortho nitro benzene ring substituents is 1. The van der Waals surface area contributed by atoms with Gasteiger partial charge in [-0.25, -0.2) is 0 Å². The van der Waals surface area contributed by atoms with Crippen LogP contribution < -0.4 is 0 Å². The van der Waals surface area contributed by atoms with Crippen molar-refractivity contribution in [1.29, 1.82) is 0 Å². The van der Waals surface area contributed by atoms with Crippen molar-refractivity contribution >= 4 is 29.2 Å². The number of likely N-dealkylation sites (tertiary alicyclic amines) is 1. The Kier molecular flexibility index (Phi) is 3.37. The molecule has 0 radical (unpaired) electrons. The van der Waals surface area contributed by atoms with Gasteiger partial charge in [0.05, 0.1) is 22.5 Å². The van der Waals surface area contributed by atoms with Gasteiger partial charge in [-0.15, -0.1) is 0 Å². The summed E-state index contributed by atoms with van der Waals surface area (Å²) in [6.45, 7) is -0.633. The van der Waals surface area contributed by atoms with Crippen molar-refractivity contribution in [3.63, 3.8) is 0 Å². The summed E-state index contributed by atoms with van der Waals surface area (Å²) in [7, 11) is 0. The minimum Gasteiger partial charge on any atom is -0.480 e. The molecule has 10 nitrogen and oxygen atoms in total. The van der Waals surface area contributed by atoms with Crippen LogP contribution in [0.4, 0.5) is 5.69 Å². The van der Waals surface area contributed by atoms with Crippen molar-refractivity contribution in [3.05, 3.63) is 39.9 Å². The molecule has 3 fully saturated rings. The molecule has 6 atom stereocenters. The highest BCUT2D eigenvalue weighted by molar-refractivity contribution is 6.10. The van der Waals surface area contributed by atoms with E-state index in [2.05, 4.69) is 5.16 Å². The van der Waals surface area contributed by atoms with Gasteiger partial charge >= 0.3 is 5.97 Å². The zero-order valence-corrected chi connectivity index (χ0v) is 14.4. The number of fused-ring (bicyclic) bond motifs is 8. The number of amides is 2. The number of carbonyl (C=O) groups excluding carboxylic acids is 2. The molecule has 2 aliphatic carbocycles. The standard InChI is InChI=1S/C18H15N3O7/c22-11(23)6-20-17(24)12-9-5-10(13(12)18(20)25)16-14(9)15(19-28-16)7-2-1-3-8(4-7)21(26)27/h1-4,9-10,12-14,16H,5-6H2,(H,22,23)/t9-,10+,12+,13-,14+,16+/m1/s1. The third-order valence-electron chi connectivity index (χ3n) is 6.43. The summed E-state index contributed by atoms with van der Waals surface area (Å²) in [6, 6.07) is 6.08. The third kappa shape index (κ3) is 2.08. The average Bonchev–Trinajstić information content (AvgIpc) is 3.38. The largest absolute Gasteiger partial charge is 0.480 e. The van der Waals surface area contributed by atoms with Crippen molar-refractivity contribution in [2.75, 3.05) is 6.54 Å². The molecular weight excluding hydrogens is 370 g/mol. The van der Waals surface area contributed by atoms with E-state index in [0.29, 0.717) is 17.7 Å². The van der Waals surface area contributed by atoms with Gasteiger partial charge in [-0.3, -0.25) is 29.4 Å². The molecule has 1 N–H and O–H groups in total. The normalized spacial score (nSPS) is 34.9. The van der Waals surface area contributed by atoms with Gasteiger partial charge in [-0.2, -0.15) is 0 Å². The summed E-state index contributed by atoms with van der Waals surface area (Å²) in [5, 5.41) is 24.2. The van der Waals surface area contributed by atoms with E-state index in [1.807, 2.05) is 0 Å². The zero-order valence-electron chi connectivity index (χ0n) is 14.4. The molecule has 5 rings (SSSR count). The lowest BCUT2D eigenvalue weighted by atomic mass is 9.71. The predicted molar refractivity (Wildman–Crippen MR) is 90.9 cm³/mol. The van der Waals surface area contributed by atoms with Crippen molar-refractivity contribution in [1.82, 2.24) is 4.90 Å². The van der Waals surface area contributed by atoms with Crippen molar-refractivity contribution in [2.24, 2.45) is 34.7 Å². The molecule has 10 heteroatoms. The van der Waals surface area contributed by atoms with Crippen LogP contribution in [-0.4, -0.2) is 51.1 Å². The van der Waals surface area contributed by atoms with Crippen molar-refractivity contribution in [3.8, 4) is 0 Å². The Hall–Kier alpha value is -3.30. The zero-order chi connectivity index (χ0) is 19.7. The molecule has 0 unspecified atom stereocenters. The van der Waals surface area contributed by atoms with Crippen LogP contribution in [0.15, 0.2) is 29.4 Å². The molecule has 144 valence electrons. The van der Waals surface area contributed by atoms with Gasteiger partial charge in [0.15, 0.2) is 0 Å². The van der Waals surface area contributed by atoms with Crippen LogP contribution in [0.3, 0.4) is 0 Å². The van der Waals surface area contributed by atoms with Crippen LogP contribution in [0, 0.1) is 39.7 Å². The number of hydrogen-bond acceptors (Lipinski definition) is 7. The quantitative estimate of drug-likeness (QED) is 0.456. The Labute approximate surface area is 157 Å². The second kappa shape index (κ2) is 5.60. The summed E-state index contributed by atoms with van der Waals surface area (Å²) in [5.74, 6) is -3.93. The first kappa shape index (κ1) is 16.8. The maximum atomic E-state index is 12.8. The molecule has 28 heavy (non-hydrogen) atoms. The van der Waals surface area contributed by atoms with E-state index in [1.54, 1.807) is 12.1 Å². The minimum absolute atomic E-state index is 0.0653. The number of nitrogens with zero attached hydrogens (tertiary/aromatic N) is 3. The lowest BCUT2D eigenvalue weighted by molar-refractivity contribution is -0.384. The SMILES string of the molecule is O=C(O)CN1C(=O)[C@@H]2[C@@H]3C[C@@H]([C@H]4C(c5cccc([N+](=O)[O-])c5)=NO[C@@H]34)[C@@H]2C1=O. The molecule has 2 heterocycles. The Morgan fingerprint density at radius 2 is 1.96 bits per heavy atom. The van der Waals surface area contributed by atoms with Crippen molar-refractivity contribution in [2.45, 2.75) is 12.5 Å². The maximum Gasteiger partial charge on any atom is 0.323 e. The second-order valence-corrected chi connectivity index (χ2v) is 7.65. The average molecular weight is 385 g/mol. The first-order chi connectivity index (χ1) is 13.4. The highest BCUT2D eigenvalue weighted by Gasteiger charge is 2.70. The molecule has 2 aliphatic heterocycles. The van der Waals surface area contributed by atoms with Crippen LogP contribution >= 0.6 is 0 Å². The first-order valence-electron chi connectivity index (χ1n) is 8.94. The summed E-state index contributed by atoms with van der Waals surface area (Å²) >= 11 is 0. The highest BCUT2D eigenvalue weighted by atomic mass is 16.6. The lowest BCUT2D eigenvalue weighted by Gasteiger charge is -2.29. The molecule has 1 saturated heterocycles. The smallest absolute Gasteiger partial charge is 0.323 e. The molecule has 0 aromatic heterocycles. The number of aliphatic carboxylic acids is 1. The molecule has 2 amide bonds. The number of hydrogen-bond donors (Lipinski definition) is 1. The van der Waals surface area contributed by atoms with E-state index in [9.17, 15) is 24.5 Å². The monoisotopic (exact) mass is 385 g/mol. The highest BCUT2D eigenvalue weighted by Crippen LogP contribution is 2.61. The molecule has 1 aromatic carbocycles. The van der Waals surface area contributed by atoms with E-state index in [0.717, 1.165) is 4.90 Å². The molecule has 1 aromatic rings. The van der Waals surface area contributed by atoms with Gasteiger partial charge in [0.25, 0.3) is 5.69 Å². The Balaban J connectivity index is 1.47. The van der Waals surface area contributed by atoms with E-state index >= 15 is 0 Å². The number of carbonyl (C=O) groups is 3. The minimum atomic E-state index is -1.23. The molecule has 4 aliphatic rings. The van der Waals surface area contributed by atoms with Gasteiger partial charge in [-0.05, 0) is 12.3 Å². The number of rotatable bonds is 4. The van der Waals surface area contributed by atoms with Gasteiger partial charge in [0.1, 0.15) is 12.6 Å².